The lowest BCUT2D eigenvalue weighted by atomic mass is 9.91. The molecule has 1 aromatic heterocycles. The van der Waals surface area contributed by atoms with Crippen molar-refractivity contribution in [1.29, 1.82) is 0 Å². The third kappa shape index (κ3) is 2.58. The van der Waals surface area contributed by atoms with Crippen LogP contribution >= 0.6 is 0 Å². The van der Waals surface area contributed by atoms with Crippen LogP contribution in [0.4, 0.5) is 4.39 Å². The molecule has 0 aliphatic heterocycles. The predicted molar refractivity (Wildman–Crippen MR) is 72.4 cm³/mol. The van der Waals surface area contributed by atoms with Gasteiger partial charge in [0, 0.05) is 11.6 Å². The van der Waals surface area contributed by atoms with E-state index in [1.807, 2.05) is 0 Å². The molecular formula is C15H16FNO3. The van der Waals surface area contributed by atoms with Gasteiger partial charge in [0.2, 0.25) is 0 Å². The van der Waals surface area contributed by atoms with E-state index in [-0.39, 0.29) is 0 Å². The molecule has 0 bridgehead atoms. The molecule has 0 aliphatic rings. The lowest BCUT2D eigenvalue weighted by Crippen LogP contribution is -2.25. The standard InChI is InChI=1S/C15H16FNO3/c1-15(18,14-7-4-10(16)9-17-14)12-6-5-11(19-2)8-13(12)20-3/h4-9,18H,1-3H3. The average Bonchev–Trinajstić information content (AvgIpc) is 2.46. The Morgan fingerprint density at radius 1 is 1.15 bits per heavy atom. The SMILES string of the molecule is COc1ccc(C(C)(O)c2ccc(F)cn2)c(OC)c1. The van der Waals surface area contributed by atoms with Gasteiger partial charge in [-0.25, -0.2) is 4.39 Å². The van der Waals surface area contributed by atoms with E-state index in [4.69, 9.17) is 9.47 Å². The van der Waals surface area contributed by atoms with Gasteiger partial charge < -0.3 is 14.6 Å². The van der Waals surface area contributed by atoms with Crippen LogP contribution in [0.1, 0.15) is 18.2 Å². The van der Waals surface area contributed by atoms with E-state index in [1.165, 1.54) is 19.2 Å². The van der Waals surface area contributed by atoms with Crippen molar-refractivity contribution < 1.29 is 19.0 Å². The van der Waals surface area contributed by atoms with Crippen LogP contribution in [0, 0.1) is 5.82 Å². The summed E-state index contributed by atoms with van der Waals surface area (Å²) in [5.41, 5.74) is -0.534. The molecule has 0 radical (unpaired) electrons. The molecule has 0 aliphatic carbocycles. The van der Waals surface area contributed by atoms with Gasteiger partial charge in [0.05, 0.1) is 26.1 Å². The number of aliphatic hydroxyl groups is 1. The highest BCUT2D eigenvalue weighted by Crippen LogP contribution is 2.36. The topological polar surface area (TPSA) is 51.6 Å². The molecule has 1 aromatic carbocycles. The Morgan fingerprint density at radius 2 is 1.90 bits per heavy atom. The molecule has 2 aromatic rings. The fraction of sp³-hybridized carbons (Fsp3) is 0.267. The second-order valence-electron chi connectivity index (χ2n) is 4.50. The van der Waals surface area contributed by atoms with Gasteiger partial charge in [-0.1, -0.05) is 0 Å². The van der Waals surface area contributed by atoms with Gasteiger partial charge >= 0.3 is 0 Å². The molecule has 0 spiro atoms. The zero-order chi connectivity index (χ0) is 14.8. The summed E-state index contributed by atoms with van der Waals surface area (Å²) in [6.45, 7) is 1.58. The molecule has 0 amide bonds. The van der Waals surface area contributed by atoms with Crippen molar-refractivity contribution in [3.8, 4) is 11.5 Å². The smallest absolute Gasteiger partial charge is 0.141 e. The Kier molecular flexibility index (Phi) is 3.90. The number of methoxy groups -OCH3 is 2. The summed E-state index contributed by atoms with van der Waals surface area (Å²) >= 11 is 0. The van der Waals surface area contributed by atoms with Crippen LogP contribution in [0.2, 0.25) is 0 Å². The van der Waals surface area contributed by atoms with Crippen LogP contribution in [-0.4, -0.2) is 24.3 Å². The highest BCUT2D eigenvalue weighted by molar-refractivity contribution is 5.46. The normalized spacial score (nSPS) is 13.7. The Morgan fingerprint density at radius 3 is 2.45 bits per heavy atom. The van der Waals surface area contributed by atoms with Crippen LogP contribution < -0.4 is 9.47 Å². The van der Waals surface area contributed by atoms with E-state index < -0.39 is 11.4 Å². The molecule has 0 saturated heterocycles. The van der Waals surface area contributed by atoms with E-state index in [1.54, 1.807) is 32.2 Å². The van der Waals surface area contributed by atoms with Gasteiger partial charge in [-0.2, -0.15) is 0 Å². The second kappa shape index (κ2) is 5.46. The number of aromatic nitrogens is 1. The Bertz CT molecular complexity index is 597. The molecule has 2 rings (SSSR count). The van der Waals surface area contributed by atoms with Gasteiger partial charge in [-0.15, -0.1) is 0 Å². The number of ether oxygens (including phenoxy) is 2. The molecule has 1 N–H and O–H groups in total. The van der Waals surface area contributed by atoms with Crippen LogP contribution in [-0.2, 0) is 5.60 Å². The number of pyridine rings is 1. The number of hydrogen-bond acceptors (Lipinski definition) is 4. The van der Waals surface area contributed by atoms with Gasteiger partial charge in [0.15, 0.2) is 0 Å². The minimum Gasteiger partial charge on any atom is -0.497 e. The lowest BCUT2D eigenvalue weighted by Gasteiger charge is -2.25. The fourth-order valence-electron chi connectivity index (χ4n) is 2.00. The number of benzene rings is 1. The van der Waals surface area contributed by atoms with Crippen LogP contribution in [0.3, 0.4) is 0 Å². The quantitative estimate of drug-likeness (QED) is 0.933. The number of rotatable bonds is 4. The van der Waals surface area contributed by atoms with Crippen molar-refractivity contribution in [2.75, 3.05) is 14.2 Å². The summed E-state index contributed by atoms with van der Waals surface area (Å²) in [6, 6.07) is 7.79. The lowest BCUT2D eigenvalue weighted by molar-refractivity contribution is 0.0940. The molecule has 20 heavy (non-hydrogen) atoms. The van der Waals surface area contributed by atoms with Crippen molar-refractivity contribution in [3.05, 3.63) is 53.6 Å². The molecule has 0 saturated carbocycles. The monoisotopic (exact) mass is 277 g/mol. The highest BCUT2D eigenvalue weighted by Gasteiger charge is 2.30. The second-order valence-corrected chi connectivity index (χ2v) is 4.50. The zero-order valence-corrected chi connectivity index (χ0v) is 11.6. The van der Waals surface area contributed by atoms with Crippen molar-refractivity contribution in [2.45, 2.75) is 12.5 Å². The average molecular weight is 277 g/mol. The first-order valence-electron chi connectivity index (χ1n) is 6.06. The summed E-state index contributed by atoms with van der Waals surface area (Å²) in [5.74, 6) is 0.639. The summed E-state index contributed by atoms with van der Waals surface area (Å²) in [5, 5.41) is 10.7. The maximum Gasteiger partial charge on any atom is 0.141 e. The van der Waals surface area contributed by atoms with E-state index in [0.29, 0.717) is 22.8 Å². The molecule has 1 atom stereocenters. The number of hydrogen-bond donors (Lipinski definition) is 1. The zero-order valence-electron chi connectivity index (χ0n) is 11.6. The van der Waals surface area contributed by atoms with Gasteiger partial charge in [0.1, 0.15) is 22.9 Å². The van der Waals surface area contributed by atoms with Crippen molar-refractivity contribution in [1.82, 2.24) is 4.98 Å². The van der Waals surface area contributed by atoms with Crippen molar-refractivity contribution in [2.24, 2.45) is 0 Å². The maximum atomic E-state index is 12.9. The van der Waals surface area contributed by atoms with Crippen molar-refractivity contribution >= 4 is 0 Å². The van der Waals surface area contributed by atoms with Crippen LogP contribution in [0.25, 0.3) is 0 Å². The number of nitrogens with zero attached hydrogens (tertiary/aromatic N) is 1. The largest absolute Gasteiger partial charge is 0.497 e. The van der Waals surface area contributed by atoms with Crippen LogP contribution in [0.5, 0.6) is 11.5 Å². The first kappa shape index (κ1) is 14.3. The Balaban J connectivity index is 2.50. The van der Waals surface area contributed by atoms with Gasteiger partial charge in [-0.05, 0) is 31.2 Å². The minimum absolute atomic E-state index is 0.336. The third-order valence-corrected chi connectivity index (χ3v) is 3.16. The molecule has 5 heteroatoms. The molecule has 1 heterocycles. The molecule has 0 fully saturated rings. The fourth-order valence-corrected chi connectivity index (χ4v) is 2.00. The molecule has 4 nitrogen and oxygen atoms in total. The maximum absolute atomic E-state index is 12.9. The summed E-state index contributed by atoms with van der Waals surface area (Å²) in [4.78, 5) is 3.93. The van der Waals surface area contributed by atoms with Crippen LogP contribution in [0.15, 0.2) is 36.5 Å². The van der Waals surface area contributed by atoms with Gasteiger partial charge in [-0.3, -0.25) is 4.98 Å². The minimum atomic E-state index is -1.40. The highest BCUT2D eigenvalue weighted by atomic mass is 19.1. The first-order chi connectivity index (χ1) is 9.48. The molecular weight excluding hydrogens is 261 g/mol. The Hall–Kier alpha value is -2.14. The summed E-state index contributed by atoms with van der Waals surface area (Å²) in [7, 11) is 3.06. The summed E-state index contributed by atoms with van der Waals surface area (Å²) < 4.78 is 23.3. The third-order valence-electron chi connectivity index (χ3n) is 3.16. The van der Waals surface area contributed by atoms with E-state index in [2.05, 4.69) is 4.98 Å². The van der Waals surface area contributed by atoms with E-state index in [9.17, 15) is 9.50 Å². The predicted octanol–water partition coefficient (Wildman–Crippen LogP) is 2.49. The van der Waals surface area contributed by atoms with E-state index in [0.717, 1.165) is 6.20 Å². The first-order valence-corrected chi connectivity index (χ1v) is 6.06. The molecule has 106 valence electrons. The molecule has 1 unspecified atom stereocenters. The number of halogens is 1. The van der Waals surface area contributed by atoms with Gasteiger partial charge in [0.25, 0.3) is 0 Å². The summed E-state index contributed by atoms with van der Waals surface area (Å²) in [6.07, 6.45) is 1.07. The Labute approximate surface area is 116 Å². The van der Waals surface area contributed by atoms with Crippen molar-refractivity contribution in [3.63, 3.8) is 0 Å². The van der Waals surface area contributed by atoms with E-state index >= 15 is 0 Å².